The monoisotopic (exact) mass is 367 g/mol. The van der Waals surface area contributed by atoms with Crippen molar-refractivity contribution in [3.8, 4) is 5.75 Å². The van der Waals surface area contributed by atoms with Gasteiger partial charge < -0.3 is 15.2 Å². The minimum absolute atomic E-state index is 0.174. The summed E-state index contributed by atoms with van der Waals surface area (Å²) in [5, 5.41) is 13.3. The highest BCUT2D eigenvalue weighted by molar-refractivity contribution is 7.12. The summed E-state index contributed by atoms with van der Waals surface area (Å²) in [4.78, 5) is 14.0. The first-order valence-electron chi connectivity index (χ1n) is 8.44. The summed E-state index contributed by atoms with van der Waals surface area (Å²) in [5.41, 5.74) is 0.856. The Morgan fingerprint density at radius 1 is 1.04 bits per heavy atom. The van der Waals surface area contributed by atoms with Gasteiger partial charge in [-0.15, -0.1) is 11.3 Å². The van der Waals surface area contributed by atoms with Gasteiger partial charge in [0.1, 0.15) is 11.9 Å². The van der Waals surface area contributed by atoms with Crippen molar-refractivity contribution in [1.82, 2.24) is 5.32 Å². The molecular formula is C21H21NO3S. The third kappa shape index (κ3) is 4.71. The quantitative estimate of drug-likeness (QED) is 0.666. The van der Waals surface area contributed by atoms with Crippen molar-refractivity contribution >= 4 is 17.2 Å². The number of para-hydroxylation sites is 1. The van der Waals surface area contributed by atoms with Crippen molar-refractivity contribution in [3.63, 3.8) is 0 Å². The second-order valence-electron chi connectivity index (χ2n) is 5.91. The van der Waals surface area contributed by atoms with Crippen molar-refractivity contribution in [2.75, 3.05) is 0 Å². The minimum atomic E-state index is -0.647. The standard InChI is InChI=1S/C21H21NO3S/c1-15(25-17-10-6-3-7-11-17)21(24)22-14-18-12-13-19(26-18)20(23)16-8-4-2-5-9-16/h2-13,15,20,23H,14H2,1H3,(H,22,24). The predicted molar refractivity (Wildman–Crippen MR) is 103 cm³/mol. The van der Waals surface area contributed by atoms with Crippen LogP contribution >= 0.6 is 11.3 Å². The molecule has 0 spiro atoms. The van der Waals surface area contributed by atoms with E-state index < -0.39 is 12.2 Å². The molecule has 0 bridgehead atoms. The summed E-state index contributed by atoms with van der Waals surface area (Å²) in [6.07, 6.45) is -1.22. The van der Waals surface area contributed by atoms with Gasteiger partial charge in [0, 0.05) is 9.75 Å². The Morgan fingerprint density at radius 3 is 2.38 bits per heavy atom. The lowest BCUT2D eigenvalue weighted by atomic mass is 10.1. The fourth-order valence-electron chi connectivity index (χ4n) is 2.51. The second-order valence-corrected chi connectivity index (χ2v) is 7.11. The van der Waals surface area contributed by atoms with Gasteiger partial charge in [0.15, 0.2) is 6.10 Å². The lowest BCUT2D eigenvalue weighted by Crippen LogP contribution is -2.35. The van der Waals surface area contributed by atoms with Gasteiger partial charge in [0.05, 0.1) is 6.54 Å². The molecule has 0 aliphatic carbocycles. The Balaban J connectivity index is 1.53. The molecule has 134 valence electrons. The third-order valence-corrected chi connectivity index (χ3v) is 5.07. The van der Waals surface area contributed by atoms with Crippen LogP contribution in [0.3, 0.4) is 0 Å². The molecule has 2 unspecified atom stereocenters. The van der Waals surface area contributed by atoms with Crippen LogP contribution in [0.5, 0.6) is 5.75 Å². The van der Waals surface area contributed by atoms with Gasteiger partial charge >= 0.3 is 0 Å². The number of carbonyl (C=O) groups excluding carboxylic acids is 1. The van der Waals surface area contributed by atoms with E-state index in [-0.39, 0.29) is 5.91 Å². The first kappa shape index (κ1) is 18.2. The number of ether oxygens (including phenoxy) is 1. The van der Waals surface area contributed by atoms with Crippen molar-refractivity contribution in [3.05, 3.63) is 88.1 Å². The Kier molecular flexibility index (Phi) is 6.04. The molecule has 2 N–H and O–H groups in total. The zero-order valence-corrected chi connectivity index (χ0v) is 15.3. The largest absolute Gasteiger partial charge is 0.481 e. The number of hydrogen-bond donors (Lipinski definition) is 2. The van der Waals surface area contributed by atoms with Crippen LogP contribution in [0.4, 0.5) is 0 Å². The number of hydrogen-bond acceptors (Lipinski definition) is 4. The van der Waals surface area contributed by atoms with Gasteiger partial charge in [0.2, 0.25) is 0 Å². The summed E-state index contributed by atoms with van der Waals surface area (Å²) >= 11 is 1.49. The van der Waals surface area contributed by atoms with Gasteiger partial charge in [0.25, 0.3) is 5.91 Å². The molecule has 1 amide bonds. The Labute approximate surface area is 157 Å². The molecule has 0 saturated heterocycles. The number of amides is 1. The van der Waals surface area contributed by atoms with Gasteiger partial charge in [-0.1, -0.05) is 48.5 Å². The molecule has 0 aliphatic rings. The van der Waals surface area contributed by atoms with E-state index in [1.165, 1.54) is 11.3 Å². The maximum Gasteiger partial charge on any atom is 0.261 e. The second kappa shape index (κ2) is 8.65. The summed E-state index contributed by atoms with van der Waals surface area (Å²) in [7, 11) is 0. The predicted octanol–water partition coefficient (Wildman–Crippen LogP) is 3.91. The van der Waals surface area contributed by atoms with Crippen LogP contribution in [0.15, 0.2) is 72.8 Å². The van der Waals surface area contributed by atoms with Crippen LogP contribution in [0, 0.1) is 0 Å². The zero-order chi connectivity index (χ0) is 18.4. The molecule has 0 radical (unpaired) electrons. The number of aliphatic hydroxyl groups is 1. The maximum atomic E-state index is 12.2. The molecular weight excluding hydrogens is 346 g/mol. The summed E-state index contributed by atoms with van der Waals surface area (Å²) < 4.78 is 5.62. The number of aliphatic hydroxyl groups excluding tert-OH is 1. The normalized spacial score (nSPS) is 13.0. The Morgan fingerprint density at radius 2 is 1.69 bits per heavy atom. The number of benzene rings is 2. The molecule has 2 atom stereocenters. The van der Waals surface area contributed by atoms with Gasteiger partial charge in [-0.05, 0) is 36.8 Å². The Hall–Kier alpha value is -2.63. The van der Waals surface area contributed by atoms with Gasteiger partial charge in [-0.2, -0.15) is 0 Å². The van der Waals surface area contributed by atoms with E-state index in [2.05, 4.69) is 5.32 Å². The molecule has 4 nitrogen and oxygen atoms in total. The first-order valence-corrected chi connectivity index (χ1v) is 9.26. The maximum absolute atomic E-state index is 12.2. The first-order chi connectivity index (χ1) is 12.6. The topological polar surface area (TPSA) is 58.6 Å². The van der Waals surface area contributed by atoms with Crippen LogP contribution in [0.2, 0.25) is 0 Å². The van der Waals surface area contributed by atoms with E-state index in [1.54, 1.807) is 6.92 Å². The van der Waals surface area contributed by atoms with Crippen molar-refractivity contribution in [2.24, 2.45) is 0 Å². The molecule has 2 aromatic carbocycles. The summed E-state index contributed by atoms with van der Waals surface area (Å²) in [5.74, 6) is 0.493. The molecule has 1 heterocycles. The SMILES string of the molecule is CC(Oc1ccccc1)C(=O)NCc1ccc(C(O)c2ccccc2)s1. The van der Waals surface area contributed by atoms with E-state index in [4.69, 9.17) is 4.74 Å². The highest BCUT2D eigenvalue weighted by Crippen LogP contribution is 2.28. The van der Waals surface area contributed by atoms with E-state index >= 15 is 0 Å². The molecule has 1 aromatic heterocycles. The molecule has 0 saturated carbocycles. The average molecular weight is 367 g/mol. The fraction of sp³-hybridized carbons (Fsp3) is 0.190. The van der Waals surface area contributed by atoms with Crippen LogP contribution in [-0.2, 0) is 11.3 Å². The van der Waals surface area contributed by atoms with Crippen LogP contribution in [0.25, 0.3) is 0 Å². The van der Waals surface area contributed by atoms with E-state index in [1.807, 2.05) is 72.8 Å². The van der Waals surface area contributed by atoms with E-state index in [0.717, 1.165) is 15.3 Å². The molecule has 0 aliphatic heterocycles. The minimum Gasteiger partial charge on any atom is -0.481 e. The van der Waals surface area contributed by atoms with Crippen molar-refractivity contribution in [2.45, 2.75) is 25.7 Å². The smallest absolute Gasteiger partial charge is 0.261 e. The lowest BCUT2D eigenvalue weighted by Gasteiger charge is -2.14. The van der Waals surface area contributed by atoms with Crippen molar-refractivity contribution in [1.29, 1.82) is 0 Å². The highest BCUT2D eigenvalue weighted by atomic mass is 32.1. The van der Waals surface area contributed by atoms with Crippen molar-refractivity contribution < 1.29 is 14.6 Å². The molecule has 5 heteroatoms. The molecule has 3 aromatic rings. The summed E-state index contributed by atoms with van der Waals surface area (Å²) in [6, 6.07) is 22.6. The molecule has 0 fully saturated rings. The van der Waals surface area contributed by atoms with E-state index in [0.29, 0.717) is 12.3 Å². The van der Waals surface area contributed by atoms with Gasteiger partial charge in [-0.3, -0.25) is 4.79 Å². The molecule has 3 rings (SSSR count). The van der Waals surface area contributed by atoms with Gasteiger partial charge in [-0.25, -0.2) is 0 Å². The number of carbonyl (C=O) groups is 1. The van der Waals surface area contributed by atoms with Crippen LogP contribution < -0.4 is 10.1 Å². The Bertz CT molecular complexity index is 833. The van der Waals surface area contributed by atoms with Crippen LogP contribution in [0.1, 0.15) is 28.3 Å². The number of rotatable bonds is 7. The lowest BCUT2D eigenvalue weighted by molar-refractivity contribution is -0.127. The molecule has 26 heavy (non-hydrogen) atoms. The number of thiophene rings is 1. The van der Waals surface area contributed by atoms with E-state index in [9.17, 15) is 9.90 Å². The zero-order valence-electron chi connectivity index (χ0n) is 14.5. The fourth-order valence-corrected chi connectivity index (χ4v) is 3.48. The summed E-state index contributed by atoms with van der Waals surface area (Å²) in [6.45, 7) is 2.13. The van der Waals surface area contributed by atoms with Crippen LogP contribution in [-0.4, -0.2) is 17.1 Å². The average Bonchev–Trinajstić information content (AvgIpc) is 3.16. The number of nitrogens with one attached hydrogen (secondary N) is 1. The third-order valence-electron chi connectivity index (χ3n) is 3.93. The highest BCUT2D eigenvalue weighted by Gasteiger charge is 2.16.